The molecule has 98 valence electrons. The van der Waals surface area contributed by atoms with Crippen LogP contribution in [0.5, 0.6) is 0 Å². The molecule has 0 bridgehead atoms. The largest absolute Gasteiger partial charge is 0.377 e. The highest BCUT2D eigenvalue weighted by Crippen LogP contribution is 2.09. The molecule has 0 saturated heterocycles. The van der Waals surface area contributed by atoms with Crippen molar-refractivity contribution in [1.82, 2.24) is 19.7 Å². The monoisotopic (exact) mass is 274 g/mol. The molecular formula is C13H14N4OS. The van der Waals surface area contributed by atoms with Gasteiger partial charge in [-0.05, 0) is 18.8 Å². The minimum Gasteiger partial charge on any atom is -0.377 e. The lowest BCUT2D eigenvalue weighted by Gasteiger charge is -2.10. The predicted octanol–water partition coefficient (Wildman–Crippen LogP) is 0.364. The van der Waals surface area contributed by atoms with Crippen molar-refractivity contribution < 1.29 is 4.74 Å². The van der Waals surface area contributed by atoms with E-state index >= 15 is 0 Å². The number of methoxy groups -OCH3 is 1. The Hall–Kier alpha value is -1.66. The molecule has 0 saturated carbocycles. The summed E-state index contributed by atoms with van der Waals surface area (Å²) >= 11 is 1.52. The van der Waals surface area contributed by atoms with E-state index in [0.717, 1.165) is 28.0 Å². The van der Waals surface area contributed by atoms with E-state index < -0.39 is 0 Å². The smallest absolute Gasteiger partial charge is 0.189 e. The summed E-state index contributed by atoms with van der Waals surface area (Å²) in [5.41, 5.74) is 0. The molecule has 19 heavy (non-hydrogen) atoms. The van der Waals surface area contributed by atoms with Crippen molar-refractivity contribution in [3.63, 3.8) is 0 Å². The van der Waals surface area contributed by atoms with Crippen LogP contribution in [0.3, 0.4) is 0 Å². The standard InChI is InChI=1S/C13H14N4OS/c1-18-10-3-4-11-9(7-10)8-15-17(11)12-5-6-14-13(16-12)19-2/h4-8,10H,3H2,1-2H3. The van der Waals surface area contributed by atoms with Crippen molar-refractivity contribution in [2.45, 2.75) is 17.7 Å². The van der Waals surface area contributed by atoms with Crippen LogP contribution in [-0.4, -0.2) is 39.2 Å². The molecular weight excluding hydrogens is 260 g/mol. The van der Waals surface area contributed by atoms with E-state index in [-0.39, 0.29) is 6.10 Å². The van der Waals surface area contributed by atoms with Crippen LogP contribution in [-0.2, 0) is 4.74 Å². The molecule has 5 nitrogen and oxygen atoms in total. The summed E-state index contributed by atoms with van der Waals surface area (Å²) in [6.45, 7) is 0. The lowest BCUT2D eigenvalue weighted by atomic mass is 10.1. The fraction of sp³-hybridized carbons (Fsp3) is 0.308. The first-order valence-electron chi connectivity index (χ1n) is 5.98. The average molecular weight is 274 g/mol. The zero-order chi connectivity index (χ0) is 13.2. The molecule has 0 aromatic carbocycles. The highest BCUT2D eigenvalue weighted by atomic mass is 32.2. The normalized spacial score (nSPS) is 17.5. The Morgan fingerprint density at radius 1 is 1.47 bits per heavy atom. The number of fused-ring (bicyclic) bond motifs is 1. The lowest BCUT2D eigenvalue weighted by molar-refractivity contribution is 0.157. The molecule has 1 atom stereocenters. The van der Waals surface area contributed by atoms with E-state index in [1.165, 1.54) is 11.8 Å². The van der Waals surface area contributed by atoms with Crippen LogP contribution in [0.25, 0.3) is 18.0 Å². The van der Waals surface area contributed by atoms with E-state index in [9.17, 15) is 0 Å². The van der Waals surface area contributed by atoms with Crippen molar-refractivity contribution in [2.24, 2.45) is 0 Å². The van der Waals surface area contributed by atoms with Crippen LogP contribution < -0.4 is 10.6 Å². The van der Waals surface area contributed by atoms with E-state index in [1.54, 1.807) is 13.3 Å². The zero-order valence-electron chi connectivity index (χ0n) is 10.8. The van der Waals surface area contributed by atoms with E-state index in [4.69, 9.17) is 4.74 Å². The molecule has 1 aliphatic carbocycles. The number of hydrogen-bond donors (Lipinski definition) is 0. The third kappa shape index (κ3) is 2.29. The first kappa shape index (κ1) is 12.4. The molecule has 1 aliphatic rings. The molecule has 6 heteroatoms. The first-order chi connectivity index (χ1) is 9.31. The predicted molar refractivity (Wildman–Crippen MR) is 74.5 cm³/mol. The van der Waals surface area contributed by atoms with Gasteiger partial charge in [-0.3, -0.25) is 0 Å². The Bertz CT molecular complexity index is 710. The van der Waals surface area contributed by atoms with Gasteiger partial charge in [0, 0.05) is 24.6 Å². The maximum atomic E-state index is 5.35. The van der Waals surface area contributed by atoms with Gasteiger partial charge in [0.25, 0.3) is 0 Å². The minimum atomic E-state index is 0.136. The molecule has 0 radical (unpaired) electrons. The van der Waals surface area contributed by atoms with E-state index in [2.05, 4.69) is 27.2 Å². The van der Waals surface area contributed by atoms with Crippen molar-refractivity contribution in [3.05, 3.63) is 29.0 Å². The second kappa shape index (κ2) is 5.14. The summed E-state index contributed by atoms with van der Waals surface area (Å²) < 4.78 is 7.19. The summed E-state index contributed by atoms with van der Waals surface area (Å²) in [7, 11) is 1.72. The maximum absolute atomic E-state index is 5.35. The van der Waals surface area contributed by atoms with Crippen molar-refractivity contribution >= 4 is 23.9 Å². The highest BCUT2D eigenvalue weighted by Gasteiger charge is 2.11. The molecule has 0 N–H and O–H groups in total. The lowest BCUT2D eigenvalue weighted by Crippen LogP contribution is -2.34. The van der Waals surface area contributed by atoms with Gasteiger partial charge >= 0.3 is 0 Å². The van der Waals surface area contributed by atoms with Crippen LogP contribution >= 0.6 is 11.8 Å². The third-order valence-electron chi connectivity index (χ3n) is 3.07. The molecule has 0 fully saturated rings. The minimum absolute atomic E-state index is 0.136. The van der Waals surface area contributed by atoms with E-state index in [0.29, 0.717) is 0 Å². The summed E-state index contributed by atoms with van der Waals surface area (Å²) in [5, 5.41) is 7.31. The Morgan fingerprint density at radius 2 is 2.37 bits per heavy atom. The van der Waals surface area contributed by atoms with Gasteiger partial charge in [-0.15, -0.1) is 0 Å². The zero-order valence-corrected chi connectivity index (χ0v) is 11.6. The Labute approximate surface area is 115 Å². The number of thioether (sulfide) groups is 1. The number of rotatable bonds is 3. The quantitative estimate of drug-likeness (QED) is 0.598. The number of hydrogen-bond acceptors (Lipinski definition) is 5. The molecule has 1 unspecified atom stereocenters. The van der Waals surface area contributed by atoms with Gasteiger partial charge in [-0.25, -0.2) is 14.6 Å². The molecule has 0 amide bonds. The van der Waals surface area contributed by atoms with Gasteiger partial charge in [-0.2, -0.15) is 5.10 Å². The summed E-state index contributed by atoms with van der Waals surface area (Å²) in [6.07, 6.45) is 10.8. The van der Waals surface area contributed by atoms with Gasteiger partial charge in [0.1, 0.15) is 0 Å². The van der Waals surface area contributed by atoms with E-state index in [1.807, 2.05) is 23.2 Å². The summed E-state index contributed by atoms with van der Waals surface area (Å²) in [6, 6.07) is 1.86. The fourth-order valence-corrected chi connectivity index (χ4v) is 2.45. The average Bonchev–Trinajstić information content (AvgIpc) is 2.90. The van der Waals surface area contributed by atoms with Crippen LogP contribution in [0.4, 0.5) is 0 Å². The van der Waals surface area contributed by atoms with Crippen molar-refractivity contribution in [2.75, 3.05) is 13.4 Å². The number of ether oxygens (including phenoxy) is 1. The highest BCUT2D eigenvalue weighted by molar-refractivity contribution is 7.98. The Kier molecular flexibility index (Phi) is 3.35. The topological polar surface area (TPSA) is 52.8 Å². The molecule has 0 aliphatic heterocycles. The maximum Gasteiger partial charge on any atom is 0.189 e. The summed E-state index contributed by atoms with van der Waals surface area (Å²) in [5.74, 6) is 0.793. The summed E-state index contributed by atoms with van der Waals surface area (Å²) in [4.78, 5) is 8.65. The van der Waals surface area contributed by atoms with Gasteiger partial charge in [0.2, 0.25) is 0 Å². The van der Waals surface area contributed by atoms with Crippen LogP contribution in [0.1, 0.15) is 6.42 Å². The van der Waals surface area contributed by atoms with Crippen molar-refractivity contribution in [3.8, 4) is 5.82 Å². The Balaban J connectivity index is 2.11. The Morgan fingerprint density at radius 3 is 3.16 bits per heavy atom. The SMILES string of the molecule is COC1C=c2cnn(-c3ccnc(SC)n3)c2=CC1. The third-order valence-corrected chi connectivity index (χ3v) is 3.63. The van der Waals surface area contributed by atoms with Gasteiger partial charge < -0.3 is 4.74 Å². The van der Waals surface area contributed by atoms with Crippen molar-refractivity contribution in [1.29, 1.82) is 0 Å². The van der Waals surface area contributed by atoms with Gasteiger partial charge in [0.15, 0.2) is 11.0 Å². The second-order valence-electron chi connectivity index (χ2n) is 4.18. The van der Waals surface area contributed by atoms with Gasteiger partial charge in [0.05, 0.1) is 17.6 Å². The molecule has 3 rings (SSSR count). The van der Waals surface area contributed by atoms with Crippen LogP contribution in [0.15, 0.2) is 23.6 Å². The number of nitrogens with zero attached hydrogens (tertiary/aromatic N) is 4. The molecule has 2 aromatic heterocycles. The first-order valence-corrected chi connectivity index (χ1v) is 7.20. The molecule has 0 spiro atoms. The molecule has 2 heterocycles. The number of aromatic nitrogens is 4. The van der Waals surface area contributed by atoms with Gasteiger partial charge in [-0.1, -0.05) is 17.8 Å². The van der Waals surface area contributed by atoms with Crippen LogP contribution in [0.2, 0.25) is 0 Å². The van der Waals surface area contributed by atoms with Crippen LogP contribution in [0, 0.1) is 0 Å². The molecule has 2 aromatic rings. The second-order valence-corrected chi connectivity index (χ2v) is 4.95. The fourth-order valence-electron chi connectivity index (χ4n) is 2.09.